The second-order valence-corrected chi connectivity index (χ2v) is 4.97. The number of urea groups is 1. The highest BCUT2D eigenvalue weighted by Gasteiger charge is 2.21. The molecule has 1 aromatic carbocycles. The summed E-state index contributed by atoms with van der Waals surface area (Å²) < 4.78 is 18.4. The number of rotatable bonds is 2. The third kappa shape index (κ3) is 3.36. The number of carbonyl (C=O) groups excluding carboxylic acids is 1. The van der Waals surface area contributed by atoms with Gasteiger partial charge in [-0.25, -0.2) is 9.18 Å². The molecule has 0 radical (unpaired) electrons. The maximum absolute atomic E-state index is 13.5. The first-order valence-electron chi connectivity index (χ1n) is 6.49. The molecule has 5 heteroatoms. The van der Waals surface area contributed by atoms with Gasteiger partial charge in [0.2, 0.25) is 0 Å². The van der Waals surface area contributed by atoms with Crippen LogP contribution in [0.15, 0.2) is 18.2 Å². The van der Waals surface area contributed by atoms with Gasteiger partial charge in [0, 0.05) is 24.8 Å². The zero-order chi connectivity index (χ0) is 13.8. The lowest BCUT2D eigenvalue weighted by Crippen LogP contribution is -2.41. The second kappa shape index (κ2) is 5.91. The Kier molecular flexibility index (Phi) is 4.24. The van der Waals surface area contributed by atoms with Crippen LogP contribution in [0.4, 0.5) is 14.9 Å². The fraction of sp³-hybridized carbons (Fsp3) is 0.500. The Bertz CT molecular complexity index is 465. The standard InChI is InChI=1S/C14H19FN2O2/c1-10-4-3-7-17(9-10)14(18)16-11-5-6-13(19-2)12(15)8-11/h5-6,8,10H,3-4,7,9H2,1-2H3,(H,16,18). The summed E-state index contributed by atoms with van der Waals surface area (Å²) in [4.78, 5) is 13.8. The summed E-state index contributed by atoms with van der Waals surface area (Å²) in [5.41, 5.74) is 0.446. The van der Waals surface area contributed by atoms with Crippen LogP contribution < -0.4 is 10.1 Å². The Morgan fingerprint density at radius 2 is 2.32 bits per heavy atom. The normalized spacial score (nSPS) is 19.1. The predicted octanol–water partition coefficient (Wildman–Crippen LogP) is 3.10. The highest BCUT2D eigenvalue weighted by molar-refractivity contribution is 5.89. The van der Waals surface area contributed by atoms with Crippen molar-refractivity contribution < 1.29 is 13.9 Å². The quantitative estimate of drug-likeness (QED) is 0.893. The van der Waals surface area contributed by atoms with E-state index < -0.39 is 5.82 Å². The minimum atomic E-state index is -0.479. The SMILES string of the molecule is COc1ccc(NC(=O)N2CCCC(C)C2)cc1F. The monoisotopic (exact) mass is 266 g/mol. The number of ether oxygens (including phenoxy) is 1. The van der Waals surface area contributed by atoms with E-state index in [-0.39, 0.29) is 11.8 Å². The third-order valence-corrected chi connectivity index (χ3v) is 3.35. The number of anilines is 1. The number of hydrogen-bond donors (Lipinski definition) is 1. The van der Waals surface area contributed by atoms with Crippen molar-refractivity contribution in [2.75, 3.05) is 25.5 Å². The number of methoxy groups -OCH3 is 1. The summed E-state index contributed by atoms with van der Waals surface area (Å²) in [7, 11) is 1.41. The highest BCUT2D eigenvalue weighted by atomic mass is 19.1. The van der Waals surface area contributed by atoms with Gasteiger partial charge in [-0.3, -0.25) is 0 Å². The number of hydrogen-bond acceptors (Lipinski definition) is 2. The van der Waals surface area contributed by atoms with Crippen LogP contribution in [0.2, 0.25) is 0 Å². The van der Waals surface area contributed by atoms with Crippen molar-refractivity contribution >= 4 is 11.7 Å². The molecule has 1 atom stereocenters. The molecule has 4 nitrogen and oxygen atoms in total. The van der Waals surface area contributed by atoms with Crippen LogP contribution in [0.5, 0.6) is 5.75 Å². The molecule has 0 aliphatic carbocycles. The number of halogens is 1. The molecule has 0 saturated carbocycles. The van der Waals surface area contributed by atoms with E-state index in [2.05, 4.69) is 12.2 Å². The number of nitrogens with zero attached hydrogens (tertiary/aromatic N) is 1. The van der Waals surface area contributed by atoms with Crippen molar-refractivity contribution in [1.82, 2.24) is 4.90 Å². The zero-order valence-electron chi connectivity index (χ0n) is 11.3. The molecule has 2 rings (SSSR count). The number of nitrogens with one attached hydrogen (secondary N) is 1. The predicted molar refractivity (Wildman–Crippen MR) is 71.9 cm³/mol. The van der Waals surface area contributed by atoms with Crippen molar-refractivity contribution in [2.45, 2.75) is 19.8 Å². The van der Waals surface area contributed by atoms with Crippen LogP contribution in [0, 0.1) is 11.7 Å². The summed E-state index contributed by atoms with van der Waals surface area (Å²) >= 11 is 0. The summed E-state index contributed by atoms with van der Waals surface area (Å²) in [6.45, 7) is 3.64. The van der Waals surface area contributed by atoms with Gasteiger partial charge in [-0.1, -0.05) is 6.92 Å². The molecule has 104 valence electrons. The van der Waals surface area contributed by atoms with E-state index in [1.807, 2.05) is 0 Å². The topological polar surface area (TPSA) is 41.6 Å². The van der Waals surface area contributed by atoms with E-state index in [9.17, 15) is 9.18 Å². The van der Waals surface area contributed by atoms with E-state index in [1.165, 1.54) is 19.2 Å². The van der Waals surface area contributed by atoms with Gasteiger partial charge in [0.05, 0.1) is 7.11 Å². The van der Waals surface area contributed by atoms with Crippen LogP contribution in [-0.2, 0) is 0 Å². The number of amides is 2. The fourth-order valence-corrected chi connectivity index (χ4v) is 2.32. The number of piperidine rings is 1. The first-order chi connectivity index (χ1) is 9.10. The van der Waals surface area contributed by atoms with Gasteiger partial charge < -0.3 is 15.0 Å². The molecule has 1 heterocycles. The average molecular weight is 266 g/mol. The average Bonchev–Trinajstić information content (AvgIpc) is 2.39. The molecule has 1 saturated heterocycles. The first-order valence-corrected chi connectivity index (χ1v) is 6.49. The maximum atomic E-state index is 13.5. The van der Waals surface area contributed by atoms with Crippen LogP contribution in [0.3, 0.4) is 0 Å². The van der Waals surface area contributed by atoms with E-state index >= 15 is 0 Å². The van der Waals surface area contributed by atoms with E-state index in [0.29, 0.717) is 11.6 Å². The Morgan fingerprint density at radius 1 is 1.53 bits per heavy atom. The molecule has 2 amide bonds. The number of carbonyl (C=O) groups is 1. The van der Waals surface area contributed by atoms with Crippen molar-refractivity contribution in [3.05, 3.63) is 24.0 Å². The van der Waals surface area contributed by atoms with Crippen LogP contribution in [0.25, 0.3) is 0 Å². The molecule has 1 aliphatic rings. The Morgan fingerprint density at radius 3 is 2.95 bits per heavy atom. The Hall–Kier alpha value is -1.78. The second-order valence-electron chi connectivity index (χ2n) is 4.97. The van der Waals surface area contributed by atoms with Gasteiger partial charge in [0.25, 0.3) is 0 Å². The van der Waals surface area contributed by atoms with Gasteiger partial charge in [-0.15, -0.1) is 0 Å². The molecule has 1 fully saturated rings. The molecule has 0 spiro atoms. The third-order valence-electron chi connectivity index (χ3n) is 3.35. The fourth-order valence-electron chi connectivity index (χ4n) is 2.32. The van der Waals surface area contributed by atoms with Crippen LogP contribution in [-0.4, -0.2) is 31.1 Å². The molecule has 1 aromatic rings. The Balaban J connectivity index is 2.00. The first kappa shape index (κ1) is 13.6. The lowest BCUT2D eigenvalue weighted by Gasteiger charge is -2.30. The minimum Gasteiger partial charge on any atom is -0.494 e. The lowest BCUT2D eigenvalue weighted by atomic mass is 10.0. The molecule has 0 bridgehead atoms. The van der Waals surface area contributed by atoms with Crippen molar-refractivity contribution in [3.8, 4) is 5.75 Å². The molecule has 19 heavy (non-hydrogen) atoms. The summed E-state index contributed by atoms with van der Waals surface area (Å²) in [6.07, 6.45) is 2.17. The van der Waals surface area contributed by atoms with Crippen molar-refractivity contribution in [3.63, 3.8) is 0 Å². The summed E-state index contributed by atoms with van der Waals surface area (Å²) in [5.74, 6) is 0.212. The summed E-state index contributed by atoms with van der Waals surface area (Å²) in [5, 5.41) is 2.72. The van der Waals surface area contributed by atoms with Crippen molar-refractivity contribution in [2.24, 2.45) is 5.92 Å². The molecule has 1 aliphatic heterocycles. The number of likely N-dealkylation sites (tertiary alicyclic amines) is 1. The largest absolute Gasteiger partial charge is 0.494 e. The molecular formula is C14H19FN2O2. The van der Waals surface area contributed by atoms with E-state index in [1.54, 1.807) is 11.0 Å². The van der Waals surface area contributed by atoms with Crippen molar-refractivity contribution in [1.29, 1.82) is 0 Å². The molecule has 1 N–H and O–H groups in total. The van der Waals surface area contributed by atoms with E-state index in [0.717, 1.165) is 25.9 Å². The maximum Gasteiger partial charge on any atom is 0.321 e. The molecule has 0 aromatic heterocycles. The lowest BCUT2D eigenvalue weighted by molar-refractivity contribution is 0.182. The smallest absolute Gasteiger partial charge is 0.321 e. The Labute approximate surface area is 112 Å². The number of benzene rings is 1. The van der Waals surface area contributed by atoms with Gasteiger partial charge in [-0.05, 0) is 30.9 Å². The zero-order valence-corrected chi connectivity index (χ0v) is 11.3. The van der Waals surface area contributed by atoms with Gasteiger partial charge in [0.1, 0.15) is 0 Å². The van der Waals surface area contributed by atoms with Gasteiger partial charge in [-0.2, -0.15) is 0 Å². The van der Waals surface area contributed by atoms with E-state index in [4.69, 9.17) is 4.74 Å². The summed E-state index contributed by atoms with van der Waals surface area (Å²) in [6, 6.07) is 4.23. The minimum absolute atomic E-state index is 0.170. The van der Waals surface area contributed by atoms with Gasteiger partial charge in [0.15, 0.2) is 11.6 Å². The molecule has 1 unspecified atom stereocenters. The van der Waals surface area contributed by atoms with Gasteiger partial charge >= 0.3 is 6.03 Å². The van der Waals surface area contributed by atoms with Crippen LogP contribution in [0.1, 0.15) is 19.8 Å². The van der Waals surface area contributed by atoms with Crippen LogP contribution >= 0.6 is 0 Å². The highest BCUT2D eigenvalue weighted by Crippen LogP contribution is 2.22. The molecular weight excluding hydrogens is 247 g/mol.